The molecule has 0 aromatic heterocycles. The molecule has 94 valence electrons. The van der Waals surface area contributed by atoms with E-state index in [0.29, 0.717) is 12.5 Å². The van der Waals surface area contributed by atoms with Gasteiger partial charge in [-0.2, -0.15) is 0 Å². The second-order valence-corrected chi connectivity index (χ2v) is 4.21. The molecule has 0 saturated carbocycles. The van der Waals surface area contributed by atoms with Crippen molar-refractivity contribution in [2.45, 2.75) is 26.7 Å². The number of rotatable bonds is 7. The maximum Gasteiger partial charge on any atom is 0.239 e. The van der Waals surface area contributed by atoms with Crippen LogP contribution in [0.2, 0.25) is 0 Å². The highest BCUT2D eigenvalue weighted by molar-refractivity contribution is 5.80. The van der Waals surface area contributed by atoms with Crippen LogP contribution in [0.15, 0.2) is 30.3 Å². The van der Waals surface area contributed by atoms with Crippen LogP contribution in [-0.2, 0) is 4.79 Å². The van der Waals surface area contributed by atoms with Crippen molar-refractivity contribution in [3.63, 3.8) is 0 Å². The summed E-state index contributed by atoms with van der Waals surface area (Å²) < 4.78 is 0. The Morgan fingerprint density at radius 2 is 1.82 bits per heavy atom. The van der Waals surface area contributed by atoms with Crippen molar-refractivity contribution < 1.29 is 4.79 Å². The lowest BCUT2D eigenvalue weighted by Crippen LogP contribution is -2.33. The minimum atomic E-state index is 0.0563. The van der Waals surface area contributed by atoms with Gasteiger partial charge in [0.2, 0.25) is 5.91 Å². The normalized spacial score (nSPS) is 10.3. The van der Waals surface area contributed by atoms with Crippen molar-refractivity contribution in [1.82, 2.24) is 5.32 Å². The van der Waals surface area contributed by atoms with E-state index in [-0.39, 0.29) is 5.91 Å². The standard InChI is InChI=1S/C14H22N2O/c1-3-12(4-2)10-16-14(17)11-15-13-8-6-5-7-9-13/h5-9,12,15H,3-4,10-11H2,1-2H3,(H,16,17). The molecule has 0 saturated heterocycles. The molecule has 0 aliphatic heterocycles. The Bertz CT molecular complexity index is 320. The van der Waals surface area contributed by atoms with Gasteiger partial charge in [0.05, 0.1) is 6.54 Å². The van der Waals surface area contributed by atoms with E-state index >= 15 is 0 Å². The monoisotopic (exact) mass is 234 g/mol. The molecule has 0 fully saturated rings. The Kier molecular flexibility index (Phi) is 6.15. The second-order valence-electron chi connectivity index (χ2n) is 4.21. The van der Waals surface area contributed by atoms with E-state index in [0.717, 1.165) is 25.1 Å². The van der Waals surface area contributed by atoms with Gasteiger partial charge in [-0.15, -0.1) is 0 Å². The summed E-state index contributed by atoms with van der Waals surface area (Å²) in [6, 6.07) is 9.76. The van der Waals surface area contributed by atoms with Gasteiger partial charge in [0.1, 0.15) is 0 Å². The molecule has 0 spiro atoms. The summed E-state index contributed by atoms with van der Waals surface area (Å²) in [6.45, 7) is 5.43. The molecule has 3 heteroatoms. The highest BCUT2D eigenvalue weighted by Crippen LogP contribution is 2.05. The topological polar surface area (TPSA) is 41.1 Å². The number of hydrogen-bond donors (Lipinski definition) is 2. The summed E-state index contributed by atoms with van der Waals surface area (Å²) in [7, 11) is 0. The lowest BCUT2D eigenvalue weighted by atomic mass is 10.0. The van der Waals surface area contributed by atoms with Crippen molar-refractivity contribution in [3.8, 4) is 0 Å². The first kappa shape index (κ1) is 13.6. The van der Waals surface area contributed by atoms with E-state index in [1.54, 1.807) is 0 Å². The number of para-hydroxylation sites is 1. The minimum absolute atomic E-state index is 0.0563. The SMILES string of the molecule is CCC(CC)CNC(=O)CNc1ccccc1. The van der Waals surface area contributed by atoms with E-state index in [4.69, 9.17) is 0 Å². The third-order valence-corrected chi connectivity index (χ3v) is 2.97. The van der Waals surface area contributed by atoms with Crippen molar-refractivity contribution in [2.75, 3.05) is 18.4 Å². The van der Waals surface area contributed by atoms with E-state index in [2.05, 4.69) is 24.5 Å². The zero-order valence-electron chi connectivity index (χ0n) is 10.7. The Morgan fingerprint density at radius 1 is 1.18 bits per heavy atom. The zero-order chi connectivity index (χ0) is 12.5. The number of benzene rings is 1. The van der Waals surface area contributed by atoms with Gasteiger partial charge in [-0.25, -0.2) is 0 Å². The summed E-state index contributed by atoms with van der Waals surface area (Å²) in [5.41, 5.74) is 0.977. The summed E-state index contributed by atoms with van der Waals surface area (Å²) in [4.78, 5) is 11.6. The molecule has 0 heterocycles. The van der Waals surface area contributed by atoms with Crippen molar-refractivity contribution in [1.29, 1.82) is 0 Å². The fourth-order valence-corrected chi connectivity index (χ4v) is 1.64. The van der Waals surface area contributed by atoms with Crippen LogP contribution >= 0.6 is 0 Å². The van der Waals surface area contributed by atoms with Gasteiger partial charge < -0.3 is 10.6 Å². The van der Waals surface area contributed by atoms with Crippen molar-refractivity contribution >= 4 is 11.6 Å². The first-order chi connectivity index (χ1) is 8.26. The molecule has 0 unspecified atom stereocenters. The Labute approximate surface area is 104 Å². The molecule has 0 aliphatic rings. The predicted octanol–water partition coefficient (Wildman–Crippen LogP) is 2.65. The number of hydrogen-bond acceptors (Lipinski definition) is 2. The average Bonchev–Trinajstić information content (AvgIpc) is 2.39. The number of carbonyl (C=O) groups is 1. The maximum atomic E-state index is 11.6. The smallest absolute Gasteiger partial charge is 0.239 e. The van der Waals surface area contributed by atoms with Crippen LogP contribution in [0.4, 0.5) is 5.69 Å². The lowest BCUT2D eigenvalue weighted by Gasteiger charge is -2.13. The first-order valence-electron chi connectivity index (χ1n) is 6.31. The van der Waals surface area contributed by atoms with E-state index in [9.17, 15) is 4.79 Å². The number of anilines is 1. The van der Waals surface area contributed by atoms with Gasteiger partial charge in [-0.1, -0.05) is 44.9 Å². The van der Waals surface area contributed by atoms with Crippen molar-refractivity contribution in [2.24, 2.45) is 5.92 Å². The molecule has 1 aromatic carbocycles. The van der Waals surface area contributed by atoms with E-state index in [1.165, 1.54) is 0 Å². The molecule has 1 amide bonds. The number of amides is 1. The molecule has 0 atom stereocenters. The van der Waals surface area contributed by atoms with Gasteiger partial charge in [0.15, 0.2) is 0 Å². The van der Waals surface area contributed by atoms with Gasteiger partial charge in [-0.05, 0) is 18.1 Å². The fraction of sp³-hybridized carbons (Fsp3) is 0.500. The van der Waals surface area contributed by atoms with Crippen LogP contribution < -0.4 is 10.6 Å². The maximum absolute atomic E-state index is 11.6. The fourth-order valence-electron chi connectivity index (χ4n) is 1.64. The first-order valence-corrected chi connectivity index (χ1v) is 6.31. The predicted molar refractivity (Wildman–Crippen MR) is 72.0 cm³/mol. The molecule has 1 rings (SSSR count). The van der Waals surface area contributed by atoms with Gasteiger partial charge in [0, 0.05) is 12.2 Å². The molecule has 1 aromatic rings. The molecule has 2 N–H and O–H groups in total. The number of carbonyl (C=O) groups excluding carboxylic acids is 1. The van der Waals surface area contributed by atoms with Gasteiger partial charge >= 0.3 is 0 Å². The lowest BCUT2D eigenvalue weighted by molar-refractivity contribution is -0.119. The minimum Gasteiger partial charge on any atom is -0.376 e. The van der Waals surface area contributed by atoms with Crippen LogP contribution in [0.1, 0.15) is 26.7 Å². The van der Waals surface area contributed by atoms with Crippen LogP contribution in [0, 0.1) is 5.92 Å². The van der Waals surface area contributed by atoms with E-state index in [1.807, 2.05) is 30.3 Å². The Hall–Kier alpha value is -1.51. The molecule has 0 bridgehead atoms. The third-order valence-electron chi connectivity index (χ3n) is 2.97. The average molecular weight is 234 g/mol. The van der Waals surface area contributed by atoms with Gasteiger partial charge in [0.25, 0.3) is 0 Å². The highest BCUT2D eigenvalue weighted by atomic mass is 16.1. The van der Waals surface area contributed by atoms with Crippen LogP contribution in [0.25, 0.3) is 0 Å². The molecule has 0 aliphatic carbocycles. The van der Waals surface area contributed by atoms with Crippen LogP contribution in [0.5, 0.6) is 0 Å². The summed E-state index contributed by atoms with van der Waals surface area (Å²) in [6.07, 6.45) is 2.23. The van der Waals surface area contributed by atoms with E-state index < -0.39 is 0 Å². The Balaban J connectivity index is 2.22. The summed E-state index contributed by atoms with van der Waals surface area (Å²) in [5, 5.41) is 6.05. The second kappa shape index (κ2) is 7.71. The molecule has 3 nitrogen and oxygen atoms in total. The van der Waals surface area contributed by atoms with Gasteiger partial charge in [-0.3, -0.25) is 4.79 Å². The van der Waals surface area contributed by atoms with Crippen LogP contribution in [0.3, 0.4) is 0 Å². The third kappa shape index (κ3) is 5.38. The molecule has 0 radical (unpaired) electrons. The molecular formula is C14H22N2O. The Morgan fingerprint density at radius 3 is 2.41 bits per heavy atom. The highest BCUT2D eigenvalue weighted by Gasteiger charge is 2.05. The van der Waals surface area contributed by atoms with Crippen molar-refractivity contribution in [3.05, 3.63) is 30.3 Å². The molecular weight excluding hydrogens is 212 g/mol. The summed E-state index contributed by atoms with van der Waals surface area (Å²) >= 11 is 0. The summed E-state index contributed by atoms with van der Waals surface area (Å²) in [5.74, 6) is 0.649. The quantitative estimate of drug-likeness (QED) is 0.761. The molecule has 17 heavy (non-hydrogen) atoms. The van der Waals surface area contributed by atoms with Crippen LogP contribution in [-0.4, -0.2) is 19.0 Å². The largest absolute Gasteiger partial charge is 0.376 e. The zero-order valence-corrected chi connectivity index (χ0v) is 10.7. The number of nitrogens with one attached hydrogen (secondary N) is 2.